The van der Waals surface area contributed by atoms with Gasteiger partial charge in [0.15, 0.2) is 0 Å². The number of nitrogens with zero attached hydrogens (tertiary/aromatic N) is 3. The van der Waals surface area contributed by atoms with Crippen molar-refractivity contribution in [2.75, 3.05) is 11.9 Å². The lowest BCUT2D eigenvalue weighted by molar-refractivity contribution is -0.133. The third kappa shape index (κ3) is 2.96. The van der Waals surface area contributed by atoms with Gasteiger partial charge >= 0.3 is 0 Å². The number of hydrogen-bond acceptors (Lipinski definition) is 3. The zero-order valence-electron chi connectivity index (χ0n) is 17.8. The summed E-state index contributed by atoms with van der Waals surface area (Å²) in [5, 5.41) is 7.53. The molecular formula is C23H30N4O2. The second-order valence-corrected chi connectivity index (χ2v) is 8.39. The summed E-state index contributed by atoms with van der Waals surface area (Å²) >= 11 is 0. The molecule has 154 valence electrons. The number of anilines is 1. The Hall–Kier alpha value is -2.63. The molecule has 1 saturated heterocycles. The highest BCUT2D eigenvalue weighted by atomic mass is 16.2. The van der Waals surface area contributed by atoms with Crippen molar-refractivity contribution in [2.24, 2.45) is 7.05 Å². The standard InChI is InChI=1S/C23H30N4O2/c1-5-8-20-23(18-9-6-7-10-19(18)24-22(23)29)13-14-27(20)21(28)12-11-17-15(2)25-26(4)16(17)3/h6-7,9-10,20H,5,8,11-14H2,1-4H3,(H,24,29)/t20-,23+/m0/s1. The molecule has 1 fully saturated rings. The van der Waals surface area contributed by atoms with Crippen LogP contribution in [0.2, 0.25) is 0 Å². The molecule has 4 rings (SSSR count). The first-order valence-electron chi connectivity index (χ1n) is 10.6. The van der Waals surface area contributed by atoms with Crippen molar-refractivity contribution in [2.45, 2.75) is 64.3 Å². The van der Waals surface area contributed by atoms with Crippen molar-refractivity contribution in [1.29, 1.82) is 0 Å². The lowest BCUT2D eigenvalue weighted by atomic mass is 9.73. The lowest BCUT2D eigenvalue weighted by Crippen LogP contribution is -2.48. The number of carbonyl (C=O) groups is 2. The van der Waals surface area contributed by atoms with Gasteiger partial charge in [-0.2, -0.15) is 5.10 Å². The molecule has 2 amide bonds. The normalized spacial score (nSPS) is 23.0. The Bertz CT molecular complexity index is 964. The third-order valence-electron chi connectivity index (χ3n) is 6.88. The largest absolute Gasteiger partial charge is 0.338 e. The number of carbonyl (C=O) groups excluding carboxylic acids is 2. The van der Waals surface area contributed by atoms with Crippen LogP contribution < -0.4 is 5.32 Å². The minimum Gasteiger partial charge on any atom is -0.338 e. The highest BCUT2D eigenvalue weighted by molar-refractivity contribution is 6.07. The van der Waals surface area contributed by atoms with E-state index >= 15 is 0 Å². The van der Waals surface area contributed by atoms with Crippen LogP contribution in [0.15, 0.2) is 24.3 Å². The van der Waals surface area contributed by atoms with Crippen molar-refractivity contribution < 1.29 is 9.59 Å². The average molecular weight is 395 g/mol. The molecule has 1 aromatic heterocycles. The Labute approximate surface area is 172 Å². The van der Waals surface area contributed by atoms with E-state index in [1.54, 1.807) is 0 Å². The van der Waals surface area contributed by atoms with Crippen molar-refractivity contribution in [3.63, 3.8) is 0 Å². The predicted molar refractivity (Wildman–Crippen MR) is 113 cm³/mol. The van der Waals surface area contributed by atoms with Crippen molar-refractivity contribution in [1.82, 2.24) is 14.7 Å². The average Bonchev–Trinajstić information content (AvgIpc) is 3.29. The maximum Gasteiger partial charge on any atom is 0.237 e. The second-order valence-electron chi connectivity index (χ2n) is 8.39. The zero-order chi connectivity index (χ0) is 20.8. The molecule has 2 aliphatic heterocycles. The number of nitrogens with one attached hydrogen (secondary N) is 1. The second kappa shape index (κ2) is 7.32. The maximum absolute atomic E-state index is 13.3. The van der Waals surface area contributed by atoms with Gasteiger partial charge in [-0.25, -0.2) is 0 Å². The van der Waals surface area contributed by atoms with Crippen molar-refractivity contribution >= 4 is 17.5 Å². The van der Waals surface area contributed by atoms with Gasteiger partial charge in [0, 0.05) is 31.4 Å². The van der Waals surface area contributed by atoms with Crippen molar-refractivity contribution in [3.05, 3.63) is 46.8 Å². The number of rotatable bonds is 5. The summed E-state index contributed by atoms with van der Waals surface area (Å²) in [6, 6.07) is 7.86. The quantitative estimate of drug-likeness (QED) is 0.846. The van der Waals surface area contributed by atoms with Gasteiger partial charge in [0.2, 0.25) is 11.8 Å². The van der Waals surface area contributed by atoms with E-state index in [9.17, 15) is 9.59 Å². The highest BCUT2D eigenvalue weighted by Gasteiger charge is 2.58. The van der Waals surface area contributed by atoms with Gasteiger partial charge in [-0.1, -0.05) is 31.5 Å². The fraction of sp³-hybridized carbons (Fsp3) is 0.522. The van der Waals surface area contributed by atoms with Gasteiger partial charge in [-0.05, 0) is 50.3 Å². The number of aromatic nitrogens is 2. The van der Waals surface area contributed by atoms with E-state index < -0.39 is 5.41 Å². The Morgan fingerprint density at radius 2 is 2.07 bits per heavy atom. The Kier molecular flexibility index (Phi) is 4.97. The van der Waals surface area contributed by atoms with Crippen LogP contribution >= 0.6 is 0 Å². The molecule has 3 heterocycles. The van der Waals surface area contributed by atoms with Gasteiger partial charge in [-0.3, -0.25) is 14.3 Å². The topological polar surface area (TPSA) is 67.2 Å². The molecule has 1 spiro atoms. The molecule has 2 atom stereocenters. The molecule has 1 N–H and O–H groups in total. The molecule has 29 heavy (non-hydrogen) atoms. The highest BCUT2D eigenvalue weighted by Crippen LogP contribution is 2.49. The van der Waals surface area contributed by atoms with E-state index in [0.717, 1.165) is 41.0 Å². The number of para-hydroxylation sites is 1. The van der Waals surface area contributed by atoms with Gasteiger partial charge in [0.25, 0.3) is 0 Å². The molecule has 2 aromatic rings. The molecular weight excluding hydrogens is 364 g/mol. The molecule has 0 unspecified atom stereocenters. The molecule has 0 radical (unpaired) electrons. The number of amides is 2. The minimum absolute atomic E-state index is 0.0476. The summed E-state index contributed by atoms with van der Waals surface area (Å²) in [4.78, 5) is 28.4. The maximum atomic E-state index is 13.3. The molecule has 6 heteroatoms. The van der Waals surface area contributed by atoms with Crippen LogP contribution in [0.25, 0.3) is 0 Å². The van der Waals surface area contributed by atoms with E-state index in [1.165, 1.54) is 0 Å². The first-order valence-corrected chi connectivity index (χ1v) is 10.6. The summed E-state index contributed by atoms with van der Waals surface area (Å²) in [6.45, 7) is 6.80. The van der Waals surface area contributed by atoms with Crippen LogP contribution in [0.5, 0.6) is 0 Å². The monoisotopic (exact) mass is 394 g/mol. The molecule has 0 bridgehead atoms. The zero-order valence-corrected chi connectivity index (χ0v) is 17.8. The number of benzene rings is 1. The summed E-state index contributed by atoms with van der Waals surface area (Å²) in [6.07, 6.45) is 3.60. The summed E-state index contributed by atoms with van der Waals surface area (Å²) < 4.78 is 1.87. The van der Waals surface area contributed by atoms with Crippen LogP contribution in [0.1, 0.15) is 55.1 Å². The molecule has 6 nitrogen and oxygen atoms in total. The molecule has 0 aliphatic carbocycles. The van der Waals surface area contributed by atoms with E-state index in [-0.39, 0.29) is 17.9 Å². The number of aryl methyl sites for hydroxylation is 2. The minimum atomic E-state index is -0.609. The SMILES string of the molecule is CCC[C@@H]1N(C(=O)CCc2c(C)nn(C)c2C)CC[C@]12C(=O)Nc1ccccc12. The van der Waals surface area contributed by atoms with E-state index in [2.05, 4.69) is 17.3 Å². The molecule has 0 saturated carbocycles. The lowest BCUT2D eigenvalue weighted by Gasteiger charge is -2.34. The number of likely N-dealkylation sites (tertiary alicyclic amines) is 1. The van der Waals surface area contributed by atoms with Crippen LogP contribution in [-0.2, 0) is 28.5 Å². The first kappa shape index (κ1) is 19.7. The van der Waals surface area contributed by atoms with Crippen LogP contribution in [-0.4, -0.2) is 39.1 Å². The van der Waals surface area contributed by atoms with Crippen LogP contribution in [0.3, 0.4) is 0 Å². The first-order chi connectivity index (χ1) is 13.9. The van der Waals surface area contributed by atoms with Crippen molar-refractivity contribution in [3.8, 4) is 0 Å². The summed E-state index contributed by atoms with van der Waals surface area (Å²) in [5.74, 6) is 0.187. The van der Waals surface area contributed by atoms with E-state index in [0.29, 0.717) is 25.8 Å². The molecule has 2 aliphatic rings. The van der Waals surface area contributed by atoms with Gasteiger partial charge in [0.1, 0.15) is 0 Å². The Morgan fingerprint density at radius 1 is 1.31 bits per heavy atom. The predicted octanol–water partition coefficient (Wildman–Crippen LogP) is 3.26. The van der Waals surface area contributed by atoms with E-state index in [1.807, 2.05) is 54.7 Å². The van der Waals surface area contributed by atoms with Gasteiger partial charge in [0.05, 0.1) is 17.2 Å². The van der Waals surface area contributed by atoms with Gasteiger partial charge < -0.3 is 10.2 Å². The summed E-state index contributed by atoms with van der Waals surface area (Å²) in [5.41, 5.74) is 4.60. The van der Waals surface area contributed by atoms with E-state index in [4.69, 9.17) is 0 Å². The fourth-order valence-electron chi connectivity index (χ4n) is 5.33. The number of fused-ring (bicyclic) bond motifs is 2. The number of hydrogen-bond donors (Lipinski definition) is 1. The van der Waals surface area contributed by atoms with Crippen LogP contribution in [0, 0.1) is 13.8 Å². The third-order valence-corrected chi connectivity index (χ3v) is 6.88. The summed E-state index contributed by atoms with van der Waals surface area (Å²) in [7, 11) is 1.94. The fourth-order valence-corrected chi connectivity index (χ4v) is 5.33. The molecule has 1 aromatic carbocycles. The Morgan fingerprint density at radius 3 is 2.76 bits per heavy atom. The van der Waals surface area contributed by atoms with Crippen LogP contribution in [0.4, 0.5) is 5.69 Å². The Balaban J connectivity index is 1.58. The van der Waals surface area contributed by atoms with Gasteiger partial charge in [-0.15, -0.1) is 0 Å². The smallest absolute Gasteiger partial charge is 0.237 e.